The Morgan fingerprint density at radius 2 is 1.75 bits per heavy atom. The lowest BCUT2D eigenvalue weighted by molar-refractivity contribution is 0.381. The van der Waals surface area contributed by atoms with Crippen LogP contribution in [0.1, 0.15) is 13.3 Å². The van der Waals surface area contributed by atoms with Crippen LogP contribution in [0.4, 0.5) is 0 Å². The van der Waals surface area contributed by atoms with Gasteiger partial charge in [0.05, 0.1) is 0 Å². The quantitative estimate of drug-likeness (QED) is 0.256. The topological polar surface area (TPSA) is 139 Å². The number of nitrogens with two attached hydrogens (primary N) is 2. The number of guanidine groups is 1. The second-order valence-corrected chi connectivity index (χ2v) is 2.65. The molecule has 0 fully saturated rings. The Labute approximate surface area is 71.0 Å². The minimum absolute atomic E-state index is 0.182. The molecule has 0 radical (unpaired) electrons. The van der Waals surface area contributed by atoms with Crippen LogP contribution in [0, 0.1) is 0 Å². The standard InChI is InChI=1S/C4H11N3.H2O4S/c1-2-3-7-4(5)6;1-5(2,3)4/h2-3H2,1H3,(H4,5,6,7);(H2,1,2,3,4). The van der Waals surface area contributed by atoms with Crippen molar-refractivity contribution in [1.82, 2.24) is 0 Å². The third-order valence-corrected chi connectivity index (χ3v) is 0.518. The van der Waals surface area contributed by atoms with E-state index in [2.05, 4.69) is 4.99 Å². The van der Waals surface area contributed by atoms with Gasteiger partial charge in [-0.3, -0.25) is 14.1 Å². The first-order valence-electron chi connectivity index (χ1n) is 3.02. The largest absolute Gasteiger partial charge is 0.394 e. The van der Waals surface area contributed by atoms with Gasteiger partial charge in [0.2, 0.25) is 0 Å². The zero-order chi connectivity index (χ0) is 10.2. The van der Waals surface area contributed by atoms with Crippen molar-refractivity contribution in [2.24, 2.45) is 16.5 Å². The van der Waals surface area contributed by atoms with Gasteiger partial charge in [-0.05, 0) is 6.42 Å². The molecule has 0 amide bonds. The van der Waals surface area contributed by atoms with Crippen LogP contribution in [0.5, 0.6) is 0 Å². The summed E-state index contributed by atoms with van der Waals surface area (Å²) in [5.74, 6) is 0.182. The third kappa shape index (κ3) is 61.4. The Bertz CT molecular complexity index is 210. The number of nitrogens with zero attached hydrogens (tertiary/aromatic N) is 1. The van der Waals surface area contributed by atoms with Crippen molar-refractivity contribution < 1.29 is 17.5 Å². The van der Waals surface area contributed by atoms with Gasteiger partial charge in [0.15, 0.2) is 5.96 Å². The highest BCUT2D eigenvalue weighted by Gasteiger charge is 1.84. The van der Waals surface area contributed by atoms with E-state index in [-0.39, 0.29) is 5.96 Å². The van der Waals surface area contributed by atoms with E-state index in [1.54, 1.807) is 0 Å². The first-order chi connectivity index (χ1) is 5.27. The summed E-state index contributed by atoms with van der Waals surface area (Å²) in [4.78, 5) is 3.72. The molecular weight excluding hydrogens is 186 g/mol. The predicted molar refractivity (Wildman–Crippen MR) is 45.1 cm³/mol. The van der Waals surface area contributed by atoms with E-state index < -0.39 is 10.4 Å². The molecule has 0 aliphatic carbocycles. The molecule has 6 N–H and O–H groups in total. The summed E-state index contributed by atoms with van der Waals surface area (Å²) in [6, 6.07) is 0. The van der Waals surface area contributed by atoms with Crippen molar-refractivity contribution in [2.45, 2.75) is 13.3 Å². The van der Waals surface area contributed by atoms with E-state index in [0.29, 0.717) is 0 Å². The molecule has 0 aromatic heterocycles. The molecule has 0 heterocycles. The van der Waals surface area contributed by atoms with Gasteiger partial charge in [0.1, 0.15) is 0 Å². The Balaban J connectivity index is 0. The van der Waals surface area contributed by atoms with E-state index in [9.17, 15) is 0 Å². The second-order valence-electron chi connectivity index (χ2n) is 1.75. The Morgan fingerprint density at radius 3 is 1.83 bits per heavy atom. The van der Waals surface area contributed by atoms with E-state index in [4.69, 9.17) is 29.0 Å². The van der Waals surface area contributed by atoms with Crippen LogP contribution in [0.15, 0.2) is 4.99 Å². The fourth-order valence-corrected chi connectivity index (χ4v) is 0.241. The van der Waals surface area contributed by atoms with Crippen LogP contribution in [0.3, 0.4) is 0 Å². The van der Waals surface area contributed by atoms with Crippen molar-refractivity contribution in [3.05, 3.63) is 0 Å². The van der Waals surface area contributed by atoms with Crippen LogP contribution in [-0.2, 0) is 10.4 Å². The second kappa shape index (κ2) is 6.83. The molecule has 0 bridgehead atoms. The highest BCUT2D eigenvalue weighted by molar-refractivity contribution is 7.79. The lowest BCUT2D eigenvalue weighted by Crippen LogP contribution is -2.22. The normalized spacial score (nSPS) is 9.58. The predicted octanol–water partition coefficient (Wildman–Crippen LogP) is -0.983. The monoisotopic (exact) mass is 199 g/mol. The van der Waals surface area contributed by atoms with Gasteiger partial charge in [-0.1, -0.05) is 6.92 Å². The molecule has 0 rings (SSSR count). The van der Waals surface area contributed by atoms with Crippen LogP contribution < -0.4 is 11.5 Å². The Hall–Kier alpha value is -0.860. The summed E-state index contributed by atoms with van der Waals surface area (Å²) in [7, 11) is -4.67. The Kier molecular flexibility index (Phi) is 7.80. The Morgan fingerprint density at radius 1 is 1.42 bits per heavy atom. The van der Waals surface area contributed by atoms with E-state index in [1.165, 1.54) is 0 Å². The van der Waals surface area contributed by atoms with Gasteiger partial charge < -0.3 is 11.5 Å². The number of rotatable bonds is 2. The number of aliphatic imine (C=N–C) groups is 1. The molecule has 12 heavy (non-hydrogen) atoms. The van der Waals surface area contributed by atoms with Crippen LogP contribution in [-0.4, -0.2) is 30.0 Å². The molecule has 0 aliphatic rings. The van der Waals surface area contributed by atoms with Crippen molar-refractivity contribution in [3.8, 4) is 0 Å². The fraction of sp³-hybridized carbons (Fsp3) is 0.750. The average molecular weight is 199 g/mol. The number of hydrogen-bond acceptors (Lipinski definition) is 3. The van der Waals surface area contributed by atoms with Gasteiger partial charge in [0, 0.05) is 6.54 Å². The average Bonchev–Trinajstić information content (AvgIpc) is 1.79. The molecule has 0 aromatic carbocycles. The third-order valence-electron chi connectivity index (χ3n) is 0.518. The van der Waals surface area contributed by atoms with Crippen molar-refractivity contribution in [2.75, 3.05) is 6.54 Å². The maximum absolute atomic E-state index is 8.74. The lowest BCUT2D eigenvalue weighted by atomic mass is 10.5. The molecule has 0 unspecified atom stereocenters. The highest BCUT2D eigenvalue weighted by atomic mass is 32.3. The molecule has 74 valence electrons. The highest BCUT2D eigenvalue weighted by Crippen LogP contribution is 1.73. The van der Waals surface area contributed by atoms with Crippen molar-refractivity contribution in [3.63, 3.8) is 0 Å². The van der Waals surface area contributed by atoms with Gasteiger partial charge in [-0.15, -0.1) is 0 Å². The van der Waals surface area contributed by atoms with E-state index in [1.807, 2.05) is 6.92 Å². The van der Waals surface area contributed by atoms with E-state index >= 15 is 0 Å². The molecular formula is C4H13N3O4S. The maximum atomic E-state index is 8.74. The molecule has 0 aliphatic heterocycles. The summed E-state index contributed by atoms with van der Waals surface area (Å²) >= 11 is 0. The van der Waals surface area contributed by atoms with Gasteiger partial charge in [-0.25, -0.2) is 0 Å². The zero-order valence-corrected chi connectivity index (χ0v) is 7.45. The first-order valence-corrected chi connectivity index (χ1v) is 4.42. The molecule has 0 saturated carbocycles. The van der Waals surface area contributed by atoms with Gasteiger partial charge in [-0.2, -0.15) is 8.42 Å². The zero-order valence-electron chi connectivity index (χ0n) is 6.64. The minimum atomic E-state index is -4.67. The number of hydrogen-bond donors (Lipinski definition) is 4. The summed E-state index contributed by atoms with van der Waals surface area (Å²) in [6.45, 7) is 2.76. The summed E-state index contributed by atoms with van der Waals surface area (Å²) in [6.07, 6.45) is 0.998. The fourth-order valence-electron chi connectivity index (χ4n) is 0.241. The first kappa shape index (κ1) is 13.7. The van der Waals surface area contributed by atoms with Crippen molar-refractivity contribution >= 4 is 16.4 Å². The van der Waals surface area contributed by atoms with Crippen LogP contribution in [0.25, 0.3) is 0 Å². The maximum Gasteiger partial charge on any atom is 0.394 e. The summed E-state index contributed by atoms with van der Waals surface area (Å²) < 4.78 is 31.6. The molecule has 7 nitrogen and oxygen atoms in total. The summed E-state index contributed by atoms with van der Waals surface area (Å²) in [5.41, 5.74) is 10.0. The SMILES string of the molecule is CCCN=C(N)N.O=S(=O)(O)O. The molecule has 0 atom stereocenters. The van der Waals surface area contributed by atoms with Crippen LogP contribution in [0.2, 0.25) is 0 Å². The van der Waals surface area contributed by atoms with E-state index in [0.717, 1.165) is 13.0 Å². The molecule has 0 aromatic rings. The van der Waals surface area contributed by atoms with Crippen LogP contribution >= 0.6 is 0 Å². The summed E-state index contributed by atoms with van der Waals surface area (Å²) in [5, 5.41) is 0. The van der Waals surface area contributed by atoms with Crippen molar-refractivity contribution in [1.29, 1.82) is 0 Å². The molecule has 0 spiro atoms. The lowest BCUT2D eigenvalue weighted by Gasteiger charge is -1.86. The smallest absolute Gasteiger partial charge is 0.370 e. The van der Waals surface area contributed by atoms with Gasteiger partial charge >= 0.3 is 10.4 Å². The minimum Gasteiger partial charge on any atom is -0.370 e. The molecule has 8 heteroatoms. The molecule has 0 saturated heterocycles. The van der Waals surface area contributed by atoms with Gasteiger partial charge in [0.25, 0.3) is 0 Å².